The number of para-hydroxylation sites is 1. The van der Waals surface area contributed by atoms with Gasteiger partial charge in [-0.05, 0) is 59.7 Å². The van der Waals surface area contributed by atoms with Gasteiger partial charge in [0.1, 0.15) is 6.04 Å². The maximum Gasteiger partial charge on any atom is 0.262 e. The second-order valence-electron chi connectivity index (χ2n) is 8.07. The molecule has 2 aromatic carbocycles. The molecule has 6 nitrogen and oxygen atoms in total. The molecule has 0 spiro atoms. The number of carbonyl (C=O) groups is 3. The van der Waals surface area contributed by atoms with Gasteiger partial charge in [0.2, 0.25) is 5.91 Å². The molecule has 1 atom stereocenters. The van der Waals surface area contributed by atoms with Crippen LogP contribution in [-0.4, -0.2) is 30.3 Å². The number of fused-ring (bicyclic) bond motifs is 1. The molecule has 0 saturated carbocycles. The molecule has 1 aliphatic heterocycles. The highest BCUT2D eigenvalue weighted by Crippen LogP contribution is 2.29. The van der Waals surface area contributed by atoms with Crippen molar-refractivity contribution in [1.29, 1.82) is 0 Å². The smallest absolute Gasteiger partial charge is 0.262 e. The molecule has 32 heavy (non-hydrogen) atoms. The van der Waals surface area contributed by atoms with Gasteiger partial charge < -0.3 is 15.5 Å². The van der Waals surface area contributed by atoms with Crippen LogP contribution in [-0.2, 0) is 11.2 Å². The normalized spacial score (nSPS) is 13.5. The van der Waals surface area contributed by atoms with Crippen molar-refractivity contribution in [3.63, 3.8) is 0 Å². The Labute approximate surface area is 191 Å². The number of thiophene rings is 1. The van der Waals surface area contributed by atoms with Gasteiger partial charge in [-0.25, -0.2) is 0 Å². The fourth-order valence-corrected chi connectivity index (χ4v) is 4.40. The maximum atomic E-state index is 13.0. The quantitative estimate of drug-likeness (QED) is 0.590. The van der Waals surface area contributed by atoms with Gasteiger partial charge in [0, 0.05) is 23.5 Å². The van der Waals surface area contributed by atoms with Gasteiger partial charge in [0.05, 0.1) is 4.88 Å². The van der Waals surface area contributed by atoms with Gasteiger partial charge in [-0.1, -0.05) is 38.1 Å². The number of nitrogens with one attached hydrogen (secondary N) is 2. The highest BCUT2D eigenvalue weighted by Gasteiger charge is 2.26. The van der Waals surface area contributed by atoms with E-state index < -0.39 is 6.04 Å². The Morgan fingerprint density at radius 2 is 1.72 bits per heavy atom. The molecule has 3 aromatic rings. The van der Waals surface area contributed by atoms with Crippen LogP contribution in [0.1, 0.15) is 39.4 Å². The Balaban J connectivity index is 1.42. The predicted molar refractivity (Wildman–Crippen MR) is 127 cm³/mol. The van der Waals surface area contributed by atoms with Crippen LogP contribution in [0.15, 0.2) is 66.0 Å². The highest BCUT2D eigenvalue weighted by atomic mass is 32.1. The lowest BCUT2D eigenvalue weighted by Crippen LogP contribution is -2.46. The summed E-state index contributed by atoms with van der Waals surface area (Å²) in [7, 11) is 0. The summed E-state index contributed by atoms with van der Waals surface area (Å²) < 4.78 is 0. The van der Waals surface area contributed by atoms with Crippen LogP contribution in [0.3, 0.4) is 0 Å². The minimum Gasteiger partial charge on any atom is -0.339 e. The van der Waals surface area contributed by atoms with Crippen LogP contribution in [0.25, 0.3) is 0 Å². The van der Waals surface area contributed by atoms with Crippen molar-refractivity contribution in [2.24, 2.45) is 5.92 Å². The van der Waals surface area contributed by atoms with E-state index in [0.717, 1.165) is 12.1 Å². The Morgan fingerprint density at radius 1 is 0.969 bits per heavy atom. The van der Waals surface area contributed by atoms with Crippen molar-refractivity contribution < 1.29 is 14.4 Å². The number of anilines is 2. The van der Waals surface area contributed by atoms with Gasteiger partial charge >= 0.3 is 0 Å². The molecular formula is C25H25N3O3S. The first kappa shape index (κ1) is 21.8. The summed E-state index contributed by atoms with van der Waals surface area (Å²) in [5, 5.41) is 7.49. The lowest BCUT2D eigenvalue weighted by molar-refractivity contribution is -0.118. The molecular weight excluding hydrogens is 422 g/mol. The van der Waals surface area contributed by atoms with E-state index >= 15 is 0 Å². The third kappa shape index (κ3) is 4.57. The van der Waals surface area contributed by atoms with Crippen LogP contribution in [0.5, 0.6) is 0 Å². The number of rotatable bonds is 6. The molecule has 164 valence electrons. The fraction of sp³-hybridized carbons (Fsp3) is 0.240. The molecule has 1 aliphatic rings. The number of benzene rings is 2. The fourth-order valence-electron chi connectivity index (χ4n) is 3.78. The molecule has 2 N–H and O–H groups in total. The first-order valence-electron chi connectivity index (χ1n) is 10.6. The summed E-state index contributed by atoms with van der Waals surface area (Å²) in [6.07, 6.45) is 0.851. The molecule has 0 aliphatic carbocycles. The molecule has 1 aromatic heterocycles. The summed E-state index contributed by atoms with van der Waals surface area (Å²) in [5.74, 6) is -0.704. The van der Waals surface area contributed by atoms with Gasteiger partial charge in [0.25, 0.3) is 11.8 Å². The topological polar surface area (TPSA) is 78.5 Å². The molecule has 3 amide bonds. The van der Waals surface area contributed by atoms with Crippen molar-refractivity contribution in [2.75, 3.05) is 16.8 Å². The molecule has 1 unspecified atom stereocenters. The van der Waals surface area contributed by atoms with Crippen LogP contribution < -0.4 is 15.5 Å². The highest BCUT2D eigenvalue weighted by molar-refractivity contribution is 7.12. The average molecular weight is 448 g/mol. The third-order valence-corrected chi connectivity index (χ3v) is 6.38. The average Bonchev–Trinajstić information content (AvgIpc) is 3.47. The van der Waals surface area contributed by atoms with Crippen molar-refractivity contribution in [3.8, 4) is 0 Å². The number of hydrogen-bond acceptors (Lipinski definition) is 4. The minimum atomic E-state index is -0.674. The number of hydrogen-bond donors (Lipinski definition) is 2. The standard InChI is InChI=1S/C25H25N3O3S/c1-16(2)22(27-23(29)21-8-5-15-32-21)24(30)26-19-11-9-18(10-12-19)25(31)28-14-13-17-6-3-4-7-20(17)28/h3-12,15-16,22H,13-14H2,1-2H3,(H,26,30)(H,27,29). The van der Waals surface area contributed by atoms with Crippen LogP contribution >= 0.6 is 11.3 Å². The van der Waals surface area contributed by atoms with Gasteiger partial charge in [-0.15, -0.1) is 11.3 Å². The first-order chi connectivity index (χ1) is 15.4. The van der Waals surface area contributed by atoms with E-state index in [2.05, 4.69) is 10.6 Å². The van der Waals surface area contributed by atoms with Crippen LogP contribution in [0.4, 0.5) is 11.4 Å². The monoisotopic (exact) mass is 447 g/mol. The Morgan fingerprint density at radius 3 is 2.41 bits per heavy atom. The lowest BCUT2D eigenvalue weighted by Gasteiger charge is -2.21. The van der Waals surface area contributed by atoms with E-state index in [9.17, 15) is 14.4 Å². The van der Waals surface area contributed by atoms with E-state index in [1.54, 1.807) is 41.3 Å². The SMILES string of the molecule is CC(C)C(NC(=O)c1cccs1)C(=O)Nc1ccc(C(=O)N2CCc3ccccc32)cc1. The second kappa shape index (κ2) is 9.36. The van der Waals surface area contributed by atoms with Gasteiger partial charge in [-0.2, -0.15) is 0 Å². The Bertz CT molecular complexity index is 1120. The second-order valence-corrected chi connectivity index (χ2v) is 9.02. The summed E-state index contributed by atoms with van der Waals surface area (Å²) in [4.78, 5) is 40.5. The zero-order chi connectivity index (χ0) is 22.7. The summed E-state index contributed by atoms with van der Waals surface area (Å²) in [6, 6.07) is 17.6. The van der Waals surface area contributed by atoms with E-state index in [1.165, 1.54) is 16.9 Å². The van der Waals surface area contributed by atoms with E-state index in [0.29, 0.717) is 22.7 Å². The number of nitrogens with zero attached hydrogens (tertiary/aromatic N) is 1. The Hall–Kier alpha value is -3.45. The van der Waals surface area contributed by atoms with Crippen molar-refractivity contribution in [2.45, 2.75) is 26.3 Å². The third-order valence-electron chi connectivity index (χ3n) is 5.51. The van der Waals surface area contributed by atoms with Crippen molar-refractivity contribution in [3.05, 3.63) is 82.0 Å². The maximum absolute atomic E-state index is 13.0. The number of amides is 3. The molecule has 0 saturated heterocycles. The molecule has 0 radical (unpaired) electrons. The van der Waals surface area contributed by atoms with E-state index in [1.807, 2.05) is 43.5 Å². The van der Waals surface area contributed by atoms with Crippen molar-refractivity contribution >= 4 is 40.4 Å². The largest absolute Gasteiger partial charge is 0.339 e. The zero-order valence-electron chi connectivity index (χ0n) is 18.0. The van der Waals surface area contributed by atoms with Crippen molar-refractivity contribution in [1.82, 2.24) is 5.32 Å². The molecule has 7 heteroatoms. The molecule has 0 bridgehead atoms. The number of carbonyl (C=O) groups excluding carboxylic acids is 3. The molecule has 4 rings (SSSR count). The summed E-state index contributed by atoms with van der Waals surface area (Å²) in [5.41, 5.74) is 3.26. The Kier molecular flexibility index (Phi) is 6.37. The van der Waals surface area contributed by atoms with E-state index in [4.69, 9.17) is 0 Å². The van der Waals surface area contributed by atoms with Gasteiger partial charge in [-0.3, -0.25) is 14.4 Å². The van der Waals surface area contributed by atoms with Crippen LogP contribution in [0.2, 0.25) is 0 Å². The van der Waals surface area contributed by atoms with Crippen LogP contribution in [0, 0.1) is 5.92 Å². The lowest BCUT2D eigenvalue weighted by atomic mass is 10.0. The predicted octanol–water partition coefficient (Wildman–Crippen LogP) is 4.34. The molecule has 0 fully saturated rings. The first-order valence-corrected chi connectivity index (χ1v) is 11.5. The zero-order valence-corrected chi connectivity index (χ0v) is 18.8. The minimum absolute atomic E-state index is 0.0592. The molecule has 2 heterocycles. The van der Waals surface area contributed by atoms with Gasteiger partial charge in [0.15, 0.2) is 0 Å². The summed E-state index contributed by atoms with van der Waals surface area (Å²) in [6.45, 7) is 4.43. The summed E-state index contributed by atoms with van der Waals surface area (Å²) >= 11 is 1.33. The van der Waals surface area contributed by atoms with E-state index in [-0.39, 0.29) is 23.6 Å².